The van der Waals surface area contributed by atoms with Gasteiger partial charge in [0, 0.05) is 23.6 Å². The zero-order chi connectivity index (χ0) is 16.9. The summed E-state index contributed by atoms with van der Waals surface area (Å²) in [4.78, 5) is 26.7. The molecule has 3 aromatic rings. The number of carbonyl (C=O) groups is 1. The molecule has 0 saturated carbocycles. The fourth-order valence-corrected chi connectivity index (χ4v) is 2.83. The van der Waals surface area contributed by atoms with Gasteiger partial charge in [0.15, 0.2) is 0 Å². The molecule has 0 aliphatic carbocycles. The number of anilines is 1. The molecule has 122 valence electrons. The molecule has 0 fully saturated rings. The van der Waals surface area contributed by atoms with Gasteiger partial charge in [0.2, 0.25) is 11.5 Å². The number of H-pyrrole nitrogens is 1. The number of hydrogen-bond acceptors (Lipinski definition) is 2. The van der Waals surface area contributed by atoms with Crippen LogP contribution in [0.4, 0.5) is 5.69 Å². The Labute approximate surface area is 140 Å². The average molecular weight is 320 g/mol. The van der Waals surface area contributed by atoms with Crippen LogP contribution in [0.3, 0.4) is 0 Å². The maximum absolute atomic E-state index is 12.1. The van der Waals surface area contributed by atoms with Gasteiger partial charge in [-0.25, -0.2) is 0 Å². The van der Waals surface area contributed by atoms with Crippen LogP contribution >= 0.6 is 0 Å². The molecule has 0 aliphatic rings. The summed E-state index contributed by atoms with van der Waals surface area (Å²) in [6.45, 7) is 2.02. The molecule has 1 aromatic heterocycles. The van der Waals surface area contributed by atoms with Crippen LogP contribution in [0, 0.1) is 0 Å². The predicted octanol–water partition coefficient (Wildman–Crippen LogP) is 3.66. The summed E-state index contributed by atoms with van der Waals surface area (Å²) in [5.41, 5.74) is 3.48. The van der Waals surface area contributed by atoms with E-state index in [1.54, 1.807) is 6.07 Å². The highest BCUT2D eigenvalue weighted by Gasteiger charge is 2.06. The normalized spacial score (nSPS) is 10.7. The minimum Gasteiger partial charge on any atom is -0.326 e. The number of pyridine rings is 1. The van der Waals surface area contributed by atoms with Gasteiger partial charge in [0.25, 0.3) is 0 Å². The Balaban J connectivity index is 1.73. The van der Waals surface area contributed by atoms with Crippen LogP contribution < -0.4 is 10.9 Å². The molecule has 0 spiro atoms. The second-order valence-corrected chi connectivity index (χ2v) is 5.81. The molecule has 0 bridgehead atoms. The molecule has 0 aliphatic heterocycles. The SMILES string of the molecule is CCc1cc(=O)[nH]c2cc(NC(=O)CCc3ccccc3)ccc12. The Morgan fingerprint density at radius 3 is 2.62 bits per heavy atom. The lowest BCUT2D eigenvalue weighted by molar-refractivity contribution is -0.116. The number of nitrogens with one attached hydrogen (secondary N) is 2. The first-order valence-electron chi connectivity index (χ1n) is 8.15. The van der Waals surface area contributed by atoms with Gasteiger partial charge >= 0.3 is 0 Å². The predicted molar refractivity (Wildman–Crippen MR) is 97.3 cm³/mol. The summed E-state index contributed by atoms with van der Waals surface area (Å²) >= 11 is 0. The van der Waals surface area contributed by atoms with E-state index in [0.717, 1.165) is 28.5 Å². The van der Waals surface area contributed by atoms with Crippen LogP contribution in [-0.4, -0.2) is 10.9 Å². The third kappa shape index (κ3) is 3.71. The second-order valence-electron chi connectivity index (χ2n) is 5.81. The first-order valence-corrected chi connectivity index (χ1v) is 8.15. The van der Waals surface area contributed by atoms with Crippen LogP contribution in [0.25, 0.3) is 10.9 Å². The zero-order valence-corrected chi connectivity index (χ0v) is 13.6. The third-order valence-electron chi connectivity index (χ3n) is 4.08. The Kier molecular flexibility index (Phi) is 4.75. The van der Waals surface area contributed by atoms with Crippen molar-refractivity contribution in [3.05, 3.63) is 76.1 Å². The average Bonchev–Trinajstić information content (AvgIpc) is 2.59. The van der Waals surface area contributed by atoms with E-state index >= 15 is 0 Å². The number of hydrogen-bond donors (Lipinski definition) is 2. The molecule has 0 unspecified atom stereocenters. The van der Waals surface area contributed by atoms with Crippen molar-refractivity contribution in [3.63, 3.8) is 0 Å². The highest BCUT2D eigenvalue weighted by Crippen LogP contribution is 2.20. The first-order chi connectivity index (χ1) is 11.7. The Morgan fingerprint density at radius 1 is 1.08 bits per heavy atom. The van der Waals surface area contributed by atoms with Crippen molar-refractivity contribution in [2.75, 3.05) is 5.32 Å². The summed E-state index contributed by atoms with van der Waals surface area (Å²) in [6, 6.07) is 17.2. The summed E-state index contributed by atoms with van der Waals surface area (Å²) in [5, 5.41) is 3.91. The van der Waals surface area contributed by atoms with Crippen molar-refractivity contribution >= 4 is 22.5 Å². The number of benzene rings is 2. The maximum atomic E-state index is 12.1. The number of amides is 1. The number of fused-ring (bicyclic) bond motifs is 1. The highest BCUT2D eigenvalue weighted by molar-refractivity contribution is 5.94. The summed E-state index contributed by atoms with van der Waals surface area (Å²) < 4.78 is 0. The Hall–Kier alpha value is -2.88. The number of aromatic nitrogens is 1. The van der Waals surface area contributed by atoms with Crippen LogP contribution in [-0.2, 0) is 17.6 Å². The van der Waals surface area contributed by atoms with E-state index in [9.17, 15) is 9.59 Å². The minimum atomic E-state index is -0.119. The van der Waals surface area contributed by atoms with E-state index in [1.165, 1.54) is 0 Å². The third-order valence-corrected chi connectivity index (χ3v) is 4.08. The van der Waals surface area contributed by atoms with Gasteiger partial charge in [0.1, 0.15) is 0 Å². The highest BCUT2D eigenvalue weighted by atomic mass is 16.1. The Morgan fingerprint density at radius 2 is 1.88 bits per heavy atom. The van der Waals surface area contributed by atoms with E-state index in [0.29, 0.717) is 18.5 Å². The van der Waals surface area contributed by atoms with E-state index in [1.807, 2.05) is 55.5 Å². The van der Waals surface area contributed by atoms with E-state index in [2.05, 4.69) is 10.3 Å². The molecule has 1 amide bonds. The minimum absolute atomic E-state index is 0.0350. The van der Waals surface area contributed by atoms with Crippen molar-refractivity contribution in [1.29, 1.82) is 0 Å². The number of aromatic amines is 1. The first kappa shape index (κ1) is 16.0. The van der Waals surface area contributed by atoms with E-state index in [-0.39, 0.29) is 11.5 Å². The van der Waals surface area contributed by atoms with Gasteiger partial charge in [-0.05, 0) is 36.1 Å². The van der Waals surface area contributed by atoms with Gasteiger partial charge in [-0.15, -0.1) is 0 Å². The molecule has 4 heteroatoms. The number of rotatable bonds is 5. The van der Waals surface area contributed by atoms with Crippen molar-refractivity contribution in [2.45, 2.75) is 26.2 Å². The zero-order valence-electron chi connectivity index (χ0n) is 13.6. The topological polar surface area (TPSA) is 62.0 Å². The standard InChI is InChI=1S/C20H20N2O2/c1-2-15-12-20(24)22-18-13-16(9-10-17(15)18)21-19(23)11-8-14-6-4-3-5-7-14/h3-7,9-10,12-13H,2,8,11H2,1H3,(H,21,23)(H,22,24). The van der Waals surface area contributed by atoms with Crippen molar-refractivity contribution in [1.82, 2.24) is 4.98 Å². The number of aryl methyl sites for hydroxylation is 2. The lowest BCUT2D eigenvalue weighted by atomic mass is 10.1. The molecular weight excluding hydrogens is 300 g/mol. The van der Waals surface area contributed by atoms with Crippen LogP contribution in [0.15, 0.2) is 59.4 Å². The van der Waals surface area contributed by atoms with Gasteiger partial charge in [-0.2, -0.15) is 0 Å². The maximum Gasteiger partial charge on any atom is 0.248 e. The summed E-state index contributed by atoms with van der Waals surface area (Å²) in [5.74, 6) is -0.0350. The fourth-order valence-electron chi connectivity index (χ4n) is 2.83. The fraction of sp³-hybridized carbons (Fsp3) is 0.200. The summed E-state index contributed by atoms with van der Waals surface area (Å²) in [6.07, 6.45) is 1.92. The molecule has 4 nitrogen and oxygen atoms in total. The molecule has 2 N–H and O–H groups in total. The van der Waals surface area contributed by atoms with Crippen LogP contribution in [0.5, 0.6) is 0 Å². The quantitative estimate of drug-likeness (QED) is 0.753. The van der Waals surface area contributed by atoms with Gasteiger partial charge in [-0.3, -0.25) is 9.59 Å². The van der Waals surface area contributed by atoms with Crippen molar-refractivity contribution in [2.24, 2.45) is 0 Å². The molecule has 24 heavy (non-hydrogen) atoms. The largest absolute Gasteiger partial charge is 0.326 e. The van der Waals surface area contributed by atoms with Gasteiger partial charge < -0.3 is 10.3 Å². The molecular formula is C20H20N2O2. The molecule has 0 atom stereocenters. The van der Waals surface area contributed by atoms with Crippen LogP contribution in [0.1, 0.15) is 24.5 Å². The smallest absolute Gasteiger partial charge is 0.248 e. The molecule has 2 aromatic carbocycles. The monoisotopic (exact) mass is 320 g/mol. The van der Waals surface area contributed by atoms with E-state index < -0.39 is 0 Å². The van der Waals surface area contributed by atoms with E-state index in [4.69, 9.17) is 0 Å². The lowest BCUT2D eigenvalue weighted by Gasteiger charge is -2.08. The van der Waals surface area contributed by atoms with Crippen molar-refractivity contribution in [3.8, 4) is 0 Å². The van der Waals surface area contributed by atoms with Gasteiger partial charge in [-0.1, -0.05) is 43.3 Å². The lowest BCUT2D eigenvalue weighted by Crippen LogP contribution is -2.13. The summed E-state index contributed by atoms with van der Waals surface area (Å²) in [7, 11) is 0. The Bertz CT molecular complexity index is 914. The van der Waals surface area contributed by atoms with Gasteiger partial charge in [0.05, 0.1) is 5.52 Å². The van der Waals surface area contributed by atoms with Crippen LogP contribution in [0.2, 0.25) is 0 Å². The second kappa shape index (κ2) is 7.13. The molecule has 0 radical (unpaired) electrons. The molecule has 3 rings (SSSR count). The molecule has 0 saturated heterocycles. The molecule has 1 heterocycles. The van der Waals surface area contributed by atoms with Crippen molar-refractivity contribution < 1.29 is 4.79 Å². The number of carbonyl (C=O) groups excluding carboxylic acids is 1.